The van der Waals surface area contributed by atoms with Crippen LogP contribution in [0.4, 0.5) is 0 Å². The standard InChI is InChI=1S/C18H19N3O4S/c1-19-21-18(26)20-16(23)15(13-10-6-3-7-11-13)25-17(24)14(22)12-8-4-2-5-9-12/h2-11,14-15,19,22H,1H3,(H2,20,21,23,26). The van der Waals surface area contributed by atoms with Gasteiger partial charge < -0.3 is 9.84 Å². The lowest BCUT2D eigenvalue weighted by atomic mass is 10.1. The first-order valence-corrected chi connectivity index (χ1v) is 8.19. The molecule has 2 atom stereocenters. The van der Waals surface area contributed by atoms with Crippen LogP contribution in [0.3, 0.4) is 0 Å². The van der Waals surface area contributed by atoms with E-state index in [-0.39, 0.29) is 5.11 Å². The molecule has 0 aromatic heterocycles. The molecule has 26 heavy (non-hydrogen) atoms. The van der Waals surface area contributed by atoms with E-state index in [0.29, 0.717) is 11.1 Å². The number of rotatable bonds is 6. The van der Waals surface area contributed by atoms with Gasteiger partial charge in [0.05, 0.1) is 0 Å². The normalized spacial score (nSPS) is 12.5. The number of esters is 1. The van der Waals surface area contributed by atoms with Crippen LogP contribution in [-0.4, -0.2) is 29.1 Å². The van der Waals surface area contributed by atoms with Gasteiger partial charge in [0.15, 0.2) is 11.2 Å². The summed E-state index contributed by atoms with van der Waals surface area (Å²) in [6.45, 7) is 0. The monoisotopic (exact) mass is 373 g/mol. The average Bonchev–Trinajstić information content (AvgIpc) is 2.66. The van der Waals surface area contributed by atoms with Gasteiger partial charge in [0.25, 0.3) is 5.91 Å². The third kappa shape index (κ3) is 5.35. The van der Waals surface area contributed by atoms with E-state index in [1.807, 2.05) is 0 Å². The van der Waals surface area contributed by atoms with Gasteiger partial charge in [-0.05, 0) is 17.8 Å². The average molecular weight is 373 g/mol. The van der Waals surface area contributed by atoms with E-state index >= 15 is 0 Å². The van der Waals surface area contributed by atoms with Crippen molar-refractivity contribution < 1.29 is 19.4 Å². The number of nitrogens with one attached hydrogen (secondary N) is 3. The zero-order chi connectivity index (χ0) is 18.9. The lowest BCUT2D eigenvalue weighted by molar-refractivity contribution is -0.164. The highest BCUT2D eigenvalue weighted by Crippen LogP contribution is 2.22. The van der Waals surface area contributed by atoms with Crippen molar-refractivity contribution in [2.45, 2.75) is 12.2 Å². The van der Waals surface area contributed by atoms with Gasteiger partial charge in [-0.1, -0.05) is 60.7 Å². The third-order valence-electron chi connectivity index (χ3n) is 3.39. The second kappa shape index (κ2) is 9.62. The number of aliphatic hydroxyl groups excluding tert-OH is 1. The van der Waals surface area contributed by atoms with Crippen LogP contribution in [0.1, 0.15) is 23.3 Å². The summed E-state index contributed by atoms with van der Waals surface area (Å²) in [7, 11) is 1.59. The SMILES string of the molecule is CNNC(=S)NC(=O)C(OC(=O)C(O)c1ccccc1)c1ccccc1. The number of carbonyl (C=O) groups excluding carboxylic acids is 2. The number of benzene rings is 2. The van der Waals surface area contributed by atoms with Crippen LogP contribution in [0.25, 0.3) is 0 Å². The first-order chi connectivity index (χ1) is 12.5. The van der Waals surface area contributed by atoms with Crippen molar-refractivity contribution in [2.75, 3.05) is 7.05 Å². The summed E-state index contributed by atoms with van der Waals surface area (Å²) in [6.07, 6.45) is -2.77. The van der Waals surface area contributed by atoms with Gasteiger partial charge >= 0.3 is 5.97 Å². The van der Waals surface area contributed by atoms with Crippen LogP contribution in [0.2, 0.25) is 0 Å². The smallest absolute Gasteiger partial charge is 0.340 e. The van der Waals surface area contributed by atoms with Gasteiger partial charge in [-0.2, -0.15) is 0 Å². The maximum Gasteiger partial charge on any atom is 0.340 e. The number of hydrogen-bond acceptors (Lipinski definition) is 6. The summed E-state index contributed by atoms with van der Waals surface area (Å²) in [5.41, 5.74) is 5.94. The number of amides is 1. The Bertz CT molecular complexity index is 756. The second-order valence-corrected chi connectivity index (χ2v) is 5.64. The molecule has 0 aliphatic rings. The Kier molecular flexibility index (Phi) is 7.22. The summed E-state index contributed by atoms with van der Waals surface area (Å²) < 4.78 is 5.28. The quantitative estimate of drug-likeness (QED) is 0.342. The number of ether oxygens (including phenoxy) is 1. The Morgan fingerprint density at radius 3 is 2.08 bits per heavy atom. The number of aliphatic hydroxyl groups is 1. The largest absolute Gasteiger partial charge is 0.445 e. The highest BCUT2D eigenvalue weighted by molar-refractivity contribution is 7.80. The highest BCUT2D eigenvalue weighted by atomic mass is 32.1. The molecule has 0 aliphatic carbocycles. The predicted molar refractivity (Wildman–Crippen MR) is 99.6 cm³/mol. The molecule has 0 spiro atoms. The van der Waals surface area contributed by atoms with E-state index in [1.165, 1.54) is 0 Å². The molecule has 1 amide bonds. The Morgan fingerprint density at radius 2 is 1.54 bits per heavy atom. The molecule has 0 bridgehead atoms. The minimum Gasteiger partial charge on any atom is -0.445 e. The van der Waals surface area contributed by atoms with Crippen LogP contribution in [0.5, 0.6) is 0 Å². The summed E-state index contributed by atoms with van der Waals surface area (Å²) in [6, 6.07) is 16.8. The van der Waals surface area contributed by atoms with E-state index in [4.69, 9.17) is 17.0 Å². The lowest BCUT2D eigenvalue weighted by Gasteiger charge is -2.20. The van der Waals surface area contributed by atoms with Crippen LogP contribution in [-0.2, 0) is 14.3 Å². The van der Waals surface area contributed by atoms with Crippen molar-refractivity contribution in [1.29, 1.82) is 0 Å². The molecule has 136 valence electrons. The molecule has 2 rings (SSSR count). The molecule has 8 heteroatoms. The van der Waals surface area contributed by atoms with E-state index in [2.05, 4.69) is 16.2 Å². The molecular weight excluding hydrogens is 354 g/mol. The number of hydrogen-bond donors (Lipinski definition) is 4. The molecule has 2 aromatic rings. The molecule has 0 saturated carbocycles. The van der Waals surface area contributed by atoms with Crippen LogP contribution < -0.4 is 16.2 Å². The Hall–Kier alpha value is -2.81. The second-order valence-electron chi connectivity index (χ2n) is 5.23. The van der Waals surface area contributed by atoms with E-state index < -0.39 is 24.1 Å². The molecule has 0 aliphatic heterocycles. The molecule has 0 heterocycles. The number of thiocarbonyl (C=S) groups is 1. The summed E-state index contributed by atoms with van der Waals surface area (Å²) in [5.74, 6) is -1.58. The van der Waals surface area contributed by atoms with Crippen molar-refractivity contribution in [2.24, 2.45) is 0 Å². The fraction of sp³-hybridized carbons (Fsp3) is 0.167. The molecule has 2 aromatic carbocycles. The fourth-order valence-corrected chi connectivity index (χ4v) is 2.38. The maximum absolute atomic E-state index is 12.5. The summed E-state index contributed by atoms with van der Waals surface area (Å²) in [5, 5.41) is 12.6. The molecule has 0 saturated heterocycles. The van der Waals surface area contributed by atoms with Gasteiger partial charge in [-0.3, -0.25) is 15.5 Å². The maximum atomic E-state index is 12.5. The first kappa shape index (κ1) is 19.5. The van der Waals surface area contributed by atoms with Crippen molar-refractivity contribution in [3.63, 3.8) is 0 Å². The van der Waals surface area contributed by atoms with E-state index in [1.54, 1.807) is 67.7 Å². The molecule has 2 unspecified atom stereocenters. The van der Waals surface area contributed by atoms with Gasteiger partial charge in [0, 0.05) is 12.6 Å². The van der Waals surface area contributed by atoms with Gasteiger partial charge in [0.2, 0.25) is 6.10 Å². The van der Waals surface area contributed by atoms with Crippen LogP contribution in [0, 0.1) is 0 Å². The zero-order valence-corrected chi connectivity index (χ0v) is 14.8. The van der Waals surface area contributed by atoms with E-state index in [9.17, 15) is 14.7 Å². The Labute approximate surface area is 156 Å². The van der Waals surface area contributed by atoms with Crippen LogP contribution in [0.15, 0.2) is 60.7 Å². The van der Waals surface area contributed by atoms with Crippen molar-refractivity contribution in [3.8, 4) is 0 Å². The minimum atomic E-state index is -1.50. The predicted octanol–water partition coefficient (Wildman–Crippen LogP) is 1.13. The zero-order valence-electron chi connectivity index (χ0n) is 14.0. The number of hydrazine groups is 1. The van der Waals surface area contributed by atoms with Crippen molar-refractivity contribution >= 4 is 29.2 Å². The highest BCUT2D eigenvalue weighted by Gasteiger charge is 2.29. The van der Waals surface area contributed by atoms with Crippen molar-refractivity contribution in [3.05, 3.63) is 71.8 Å². The van der Waals surface area contributed by atoms with Gasteiger partial charge in [-0.15, -0.1) is 0 Å². The molecule has 4 N–H and O–H groups in total. The van der Waals surface area contributed by atoms with Gasteiger partial charge in [-0.25, -0.2) is 10.2 Å². The van der Waals surface area contributed by atoms with Crippen molar-refractivity contribution in [1.82, 2.24) is 16.2 Å². The Morgan fingerprint density at radius 1 is 1.00 bits per heavy atom. The fourth-order valence-electron chi connectivity index (χ4n) is 2.18. The van der Waals surface area contributed by atoms with Crippen LogP contribution >= 0.6 is 12.2 Å². The van der Waals surface area contributed by atoms with Gasteiger partial charge in [0.1, 0.15) is 0 Å². The summed E-state index contributed by atoms with van der Waals surface area (Å²) in [4.78, 5) is 24.8. The molecular formula is C18H19N3O4S. The van der Waals surface area contributed by atoms with E-state index in [0.717, 1.165) is 0 Å². The Balaban J connectivity index is 2.17. The topological polar surface area (TPSA) is 99.7 Å². The lowest BCUT2D eigenvalue weighted by Crippen LogP contribution is -2.46. The molecule has 0 radical (unpaired) electrons. The molecule has 0 fully saturated rings. The minimum absolute atomic E-state index is 0.0260. The molecule has 7 nitrogen and oxygen atoms in total. The third-order valence-corrected chi connectivity index (χ3v) is 3.59. The first-order valence-electron chi connectivity index (χ1n) is 7.79. The summed E-state index contributed by atoms with van der Waals surface area (Å²) >= 11 is 4.94. The number of carbonyl (C=O) groups is 2.